The molecule has 0 N–H and O–H groups in total. The Balaban J connectivity index is 2.78. The average molecular weight is 187 g/mol. The third-order valence-corrected chi connectivity index (χ3v) is 2.75. The lowest BCUT2D eigenvalue weighted by Gasteiger charge is -2.27. The highest BCUT2D eigenvalue weighted by atomic mass is 16.6. The quantitative estimate of drug-likeness (QED) is 0.564. The van der Waals surface area contributed by atoms with Crippen molar-refractivity contribution < 1.29 is 14.3 Å². The molecule has 1 unspecified atom stereocenters. The number of nitrogens with zero attached hydrogens (tertiary/aromatic N) is 1. The van der Waals surface area contributed by atoms with Crippen LogP contribution in [0.5, 0.6) is 0 Å². The Morgan fingerprint density at radius 3 is 2.38 bits per heavy atom. The van der Waals surface area contributed by atoms with Gasteiger partial charge in [-0.05, 0) is 27.8 Å². The summed E-state index contributed by atoms with van der Waals surface area (Å²) in [6, 6.07) is 0.0578. The molecule has 0 spiro atoms. The van der Waals surface area contributed by atoms with E-state index in [0.717, 1.165) is 0 Å². The fraction of sp³-hybridized carbons (Fsp3) is 0.889. The van der Waals surface area contributed by atoms with Crippen molar-refractivity contribution >= 4 is 5.97 Å². The second kappa shape index (κ2) is 3.27. The minimum atomic E-state index is -0.468. The van der Waals surface area contributed by atoms with Crippen molar-refractivity contribution in [2.45, 2.75) is 38.6 Å². The maximum atomic E-state index is 11.3. The summed E-state index contributed by atoms with van der Waals surface area (Å²) in [5, 5.41) is 0. The van der Waals surface area contributed by atoms with Gasteiger partial charge in [-0.25, -0.2) is 4.79 Å². The zero-order valence-electron chi connectivity index (χ0n) is 8.83. The molecule has 0 aliphatic carbocycles. The van der Waals surface area contributed by atoms with E-state index in [1.807, 2.05) is 32.7 Å². The SMILES string of the molecule is COC(=O)C1OC(C)(C)N(C)[C@@H]1C. The van der Waals surface area contributed by atoms with E-state index >= 15 is 0 Å². The lowest BCUT2D eigenvalue weighted by atomic mass is 10.2. The summed E-state index contributed by atoms with van der Waals surface area (Å²) in [4.78, 5) is 13.3. The predicted octanol–water partition coefficient (Wildman–Crippen LogP) is 0.615. The van der Waals surface area contributed by atoms with Crippen LogP contribution in [0.25, 0.3) is 0 Å². The summed E-state index contributed by atoms with van der Waals surface area (Å²) in [6.07, 6.45) is -0.468. The molecule has 4 heteroatoms. The number of carbonyl (C=O) groups excluding carboxylic acids is 1. The van der Waals surface area contributed by atoms with Crippen molar-refractivity contribution in [2.24, 2.45) is 0 Å². The largest absolute Gasteiger partial charge is 0.467 e. The van der Waals surface area contributed by atoms with E-state index in [9.17, 15) is 4.79 Å². The van der Waals surface area contributed by atoms with E-state index in [2.05, 4.69) is 4.74 Å². The van der Waals surface area contributed by atoms with Crippen molar-refractivity contribution in [3.63, 3.8) is 0 Å². The van der Waals surface area contributed by atoms with Crippen molar-refractivity contribution in [3.05, 3.63) is 0 Å². The first kappa shape index (κ1) is 10.5. The summed E-state index contributed by atoms with van der Waals surface area (Å²) in [7, 11) is 3.32. The molecule has 0 saturated carbocycles. The smallest absolute Gasteiger partial charge is 0.336 e. The van der Waals surface area contributed by atoms with Crippen LogP contribution < -0.4 is 0 Å². The topological polar surface area (TPSA) is 38.8 Å². The average Bonchev–Trinajstić information content (AvgIpc) is 2.28. The third kappa shape index (κ3) is 1.69. The van der Waals surface area contributed by atoms with Crippen LogP contribution in [0.1, 0.15) is 20.8 Å². The first-order valence-corrected chi connectivity index (χ1v) is 4.38. The Bertz CT molecular complexity index is 215. The van der Waals surface area contributed by atoms with Gasteiger partial charge < -0.3 is 9.47 Å². The molecule has 1 saturated heterocycles. The van der Waals surface area contributed by atoms with Gasteiger partial charge in [0.15, 0.2) is 6.10 Å². The molecule has 4 nitrogen and oxygen atoms in total. The van der Waals surface area contributed by atoms with Crippen LogP contribution in [0.15, 0.2) is 0 Å². The number of hydrogen-bond acceptors (Lipinski definition) is 4. The number of methoxy groups -OCH3 is 1. The van der Waals surface area contributed by atoms with E-state index in [0.29, 0.717) is 0 Å². The fourth-order valence-corrected chi connectivity index (χ4v) is 1.55. The third-order valence-electron chi connectivity index (χ3n) is 2.75. The van der Waals surface area contributed by atoms with Crippen molar-refractivity contribution in [3.8, 4) is 0 Å². The van der Waals surface area contributed by atoms with E-state index in [-0.39, 0.29) is 12.0 Å². The molecular weight excluding hydrogens is 170 g/mol. The van der Waals surface area contributed by atoms with Gasteiger partial charge in [-0.15, -0.1) is 0 Å². The Morgan fingerprint density at radius 2 is 2.08 bits per heavy atom. The minimum Gasteiger partial charge on any atom is -0.467 e. The highest BCUT2D eigenvalue weighted by molar-refractivity contribution is 5.75. The fourth-order valence-electron chi connectivity index (χ4n) is 1.55. The summed E-state index contributed by atoms with van der Waals surface area (Å²) < 4.78 is 10.2. The Labute approximate surface area is 78.8 Å². The number of likely N-dealkylation sites (N-methyl/N-ethyl adjacent to an activating group) is 1. The lowest BCUT2D eigenvalue weighted by Crippen LogP contribution is -2.40. The molecule has 0 bridgehead atoms. The molecule has 0 aromatic carbocycles. The van der Waals surface area contributed by atoms with Crippen LogP contribution >= 0.6 is 0 Å². The van der Waals surface area contributed by atoms with Crippen LogP contribution in [0.4, 0.5) is 0 Å². The van der Waals surface area contributed by atoms with E-state index < -0.39 is 11.8 Å². The Morgan fingerprint density at radius 1 is 1.54 bits per heavy atom. The van der Waals surface area contributed by atoms with Gasteiger partial charge in [0.25, 0.3) is 0 Å². The highest BCUT2D eigenvalue weighted by Gasteiger charge is 2.46. The van der Waals surface area contributed by atoms with Crippen LogP contribution in [0.2, 0.25) is 0 Å². The van der Waals surface area contributed by atoms with Gasteiger partial charge in [0, 0.05) is 6.04 Å². The Hall–Kier alpha value is -0.610. The van der Waals surface area contributed by atoms with Gasteiger partial charge in [0.2, 0.25) is 0 Å². The molecule has 13 heavy (non-hydrogen) atoms. The second-order valence-electron chi connectivity index (χ2n) is 3.86. The van der Waals surface area contributed by atoms with E-state index in [1.54, 1.807) is 0 Å². The van der Waals surface area contributed by atoms with Gasteiger partial charge in [-0.2, -0.15) is 0 Å². The summed E-state index contributed by atoms with van der Waals surface area (Å²) in [5.74, 6) is -0.301. The van der Waals surface area contributed by atoms with Gasteiger partial charge in [-0.3, -0.25) is 4.90 Å². The van der Waals surface area contributed by atoms with Crippen LogP contribution in [0.3, 0.4) is 0 Å². The number of hydrogen-bond donors (Lipinski definition) is 0. The van der Waals surface area contributed by atoms with Crippen LogP contribution in [-0.4, -0.2) is 42.9 Å². The van der Waals surface area contributed by atoms with Crippen LogP contribution in [0, 0.1) is 0 Å². The molecule has 0 amide bonds. The van der Waals surface area contributed by atoms with Gasteiger partial charge in [-0.1, -0.05) is 0 Å². The molecule has 1 rings (SSSR count). The lowest BCUT2D eigenvalue weighted by molar-refractivity contribution is -0.158. The molecule has 1 heterocycles. The number of rotatable bonds is 1. The standard InChI is InChI=1S/C9H17NO3/c1-6-7(8(11)12-5)13-9(2,3)10(6)4/h6-7H,1-5H3/t6-,7?/m1/s1. The first-order chi connectivity index (χ1) is 5.90. The normalized spacial score (nSPS) is 33.3. The second-order valence-corrected chi connectivity index (χ2v) is 3.86. The zero-order valence-corrected chi connectivity index (χ0v) is 8.83. The monoisotopic (exact) mass is 187 g/mol. The van der Waals surface area contributed by atoms with Gasteiger partial charge in [0.05, 0.1) is 7.11 Å². The zero-order chi connectivity index (χ0) is 10.2. The van der Waals surface area contributed by atoms with Crippen molar-refractivity contribution in [1.82, 2.24) is 4.90 Å². The maximum Gasteiger partial charge on any atom is 0.336 e. The number of esters is 1. The maximum absolute atomic E-state index is 11.3. The molecule has 1 aliphatic heterocycles. The van der Waals surface area contributed by atoms with Crippen molar-refractivity contribution in [2.75, 3.05) is 14.2 Å². The van der Waals surface area contributed by atoms with E-state index in [4.69, 9.17) is 4.74 Å². The van der Waals surface area contributed by atoms with Crippen LogP contribution in [-0.2, 0) is 14.3 Å². The highest BCUT2D eigenvalue weighted by Crippen LogP contribution is 2.30. The molecular formula is C9H17NO3. The molecule has 0 radical (unpaired) electrons. The summed E-state index contributed by atoms with van der Waals surface area (Å²) in [6.45, 7) is 5.83. The number of ether oxygens (including phenoxy) is 2. The minimum absolute atomic E-state index is 0.0578. The molecule has 1 fully saturated rings. The summed E-state index contributed by atoms with van der Waals surface area (Å²) >= 11 is 0. The van der Waals surface area contributed by atoms with E-state index in [1.165, 1.54) is 7.11 Å². The Kier molecular flexibility index (Phi) is 2.63. The molecule has 1 aliphatic rings. The summed E-state index contributed by atoms with van der Waals surface area (Å²) in [5.41, 5.74) is -0.391. The first-order valence-electron chi connectivity index (χ1n) is 4.38. The number of carbonyl (C=O) groups is 1. The predicted molar refractivity (Wildman–Crippen MR) is 48.2 cm³/mol. The molecule has 76 valence electrons. The van der Waals surface area contributed by atoms with Gasteiger partial charge >= 0.3 is 5.97 Å². The van der Waals surface area contributed by atoms with Gasteiger partial charge in [0.1, 0.15) is 5.72 Å². The molecule has 0 aromatic rings. The molecule has 2 atom stereocenters. The molecule has 0 aromatic heterocycles. The van der Waals surface area contributed by atoms with Crippen molar-refractivity contribution in [1.29, 1.82) is 0 Å².